The van der Waals surface area contributed by atoms with Gasteiger partial charge in [0.1, 0.15) is 13.2 Å². The molecule has 0 bridgehead atoms. The van der Waals surface area contributed by atoms with Crippen LogP contribution in [-0.2, 0) is 16.1 Å². The molecule has 0 aromatic heterocycles. The Morgan fingerprint density at radius 3 is 2.51 bits per heavy atom. The quantitative estimate of drug-likeness (QED) is 0.0830. The van der Waals surface area contributed by atoms with Crippen molar-refractivity contribution in [2.45, 2.75) is 39.6 Å². The summed E-state index contributed by atoms with van der Waals surface area (Å²) in [6, 6.07) is 15.0. The standard InChI is InChI=1S/C32H34Cl2N4O7/c1-5-43-26-14-22(29-28(31(40)42-4)19(3)36-32(41)37-29)9-10-25(26)44-17-27(39)38-35-15-21-12-23(33)30(24(34)13-21)45-16-20-8-6-7-18(2)11-20/h6-15,27,29,38-39H,5,16-17H2,1-4H3,(H2,36,37,41)/b35-15-/t27-,29-/m1/s1. The fraction of sp³-hybridized carbons (Fsp3) is 0.281. The molecule has 4 N–H and O–H groups in total. The molecule has 1 aliphatic heterocycles. The summed E-state index contributed by atoms with van der Waals surface area (Å²) in [6.45, 7) is 5.89. The second kappa shape index (κ2) is 15.5. The molecule has 4 rings (SSSR count). The highest BCUT2D eigenvalue weighted by atomic mass is 35.5. The number of hydrogen-bond acceptors (Lipinski definition) is 9. The van der Waals surface area contributed by atoms with Gasteiger partial charge in [0, 0.05) is 5.70 Å². The molecule has 0 unspecified atom stereocenters. The van der Waals surface area contributed by atoms with Crippen LogP contribution in [0.4, 0.5) is 4.79 Å². The minimum atomic E-state index is -1.18. The highest BCUT2D eigenvalue weighted by Gasteiger charge is 2.32. The summed E-state index contributed by atoms with van der Waals surface area (Å²) in [5.74, 6) is 0.481. The van der Waals surface area contributed by atoms with Gasteiger partial charge in [-0.25, -0.2) is 9.59 Å². The zero-order chi connectivity index (χ0) is 32.5. The van der Waals surface area contributed by atoms with Crippen molar-refractivity contribution in [1.82, 2.24) is 16.1 Å². The summed E-state index contributed by atoms with van der Waals surface area (Å²) >= 11 is 12.8. The number of urea groups is 1. The Labute approximate surface area is 271 Å². The Bertz CT molecular complexity index is 1590. The van der Waals surface area contributed by atoms with E-state index in [9.17, 15) is 14.7 Å². The van der Waals surface area contributed by atoms with Crippen LogP contribution in [0.1, 0.15) is 42.1 Å². The maximum absolute atomic E-state index is 12.4. The minimum Gasteiger partial charge on any atom is -0.490 e. The fourth-order valence-corrected chi connectivity index (χ4v) is 5.18. The Kier molecular flexibility index (Phi) is 11.5. The number of aliphatic hydroxyl groups is 1. The molecule has 0 spiro atoms. The molecule has 2 atom stereocenters. The Hall–Kier alpha value is -4.45. The van der Waals surface area contributed by atoms with Gasteiger partial charge >= 0.3 is 12.0 Å². The summed E-state index contributed by atoms with van der Waals surface area (Å²) in [6.07, 6.45) is 0.270. The number of aryl methyl sites for hydroxylation is 1. The predicted molar refractivity (Wildman–Crippen MR) is 171 cm³/mol. The lowest BCUT2D eigenvalue weighted by molar-refractivity contribution is -0.136. The van der Waals surface area contributed by atoms with Gasteiger partial charge in [0.05, 0.1) is 41.6 Å². The van der Waals surface area contributed by atoms with Crippen LogP contribution in [0.25, 0.3) is 0 Å². The molecule has 238 valence electrons. The monoisotopic (exact) mass is 656 g/mol. The summed E-state index contributed by atoms with van der Waals surface area (Å²) in [7, 11) is 1.27. The third-order valence-electron chi connectivity index (χ3n) is 6.60. The molecule has 3 aromatic rings. The first-order valence-corrected chi connectivity index (χ1v) is 14.7. The molecule has 0 fully saturated rings. The van der Waals surface area contributed by atoms with Crippen LogP contribution in [0.5, 0.6) is 17.2 Å². The maximum atomic E-state index is 12.4. The van der Waals surface area contributed by atoms with E-state index in [1.807, 2.05) is 31.2 Å². The Morgan fingerprint density at radius 1 is 1.07 bits per heavy atom. The number of aliphatic hydroxyl groups excluding tert-OH is 1. The van der Waals surface area contributed by atoms with Gasteiger partial charge in [0.15, 0.2) is 23.5 Å². The molecule has 45 heavy (non-hydrogen) atoms. The number of halogens is 2. The number of amides is 2. The van der Waals surface area contributed by atoms with Crippen LogP contribution in [-0.4, -0.2) is 49.9 Å². The summed E-state index contributed by atoms with van der Waals surface area (Å²) in [5, 5.41) is 20.4. The third-order valence-corrected chi connectivity index (χ3v) is 7.16. The molecule has 0 radical (unpaired) electrons. The first kappa shape index (κ1) is 33.4. The van der Waals surface area contributed by atoms with Gasteiger partial charge in [-0.3, -0.25) is 5.43 Å². The molecule has 13 heteroatoms. The van der Waals surface area contributed by atoms with Crippen molar-refractivity contribution in [3.05, 3.63) is 98.2 Å². The number of carbonyl (C=O) groups excluding carboxylic acids is 2. The molecule has 0 aliphatic carbocycles. The molecule has 1 aliphatic rings. The van der Waals surface area contributed by atoms with E-state index in [2.05, 4.69) is 21.2 Å². The van der Waals surface area contributed by atoms with E-state index in [-0.39, 0.29) is 12.2 Å². The second-order valence-corrected chi connectivity index (χ2v) is 10.8. The van der Waals surface area contributed by atoms with Gasteiger partial charge < -0.3 is 34.7 Å². The topological polar surface area (TPSA) is 140 Å². The van der Waals surface area contributed by atoms with Crippen LogP contribution in [0.2, 0.25) is 10.0 Å². The number of hydrogen-bond donors (Lipinski definition) is 4. The second-order valence-electron chi connectivity index (χ2n) is 10.0. The number of methoxy groups -OCH3 is 1. The number of ether oxygens (including phenoxy) is 4. The smallest absolute Gasteiger partial charge is 0.337 e. The molecule has 0 saturated heterocycles. The number of benzene rings is 3. The SMILES string of the molecule is CCOc1cc([C@H]2NC(=O)NC(C)=C2C(=O)OC)ccc1OC[C@@H](O)N/N=C\c1cc(Cl)c(OCc2cccc(C)c2)c(Cl)c1. The van der Waals surface area contributed by atoms with Crippen molar-refractivity contribution in [2.24, 2.45) is 5.10 Å². The molecule has 2 amide bonds. The van der Waals surface area contributed by atoms with Crippen molar-refractivity contribution < 1.29 is 33.6 Å². The average Bonchev–Trinajstić information content (AvgIpc) is 2.99. The predicted octanol–water partition coefficient (Wildman–Crippen LogP) is 5.40. The van der Waals surface area contributed by atoms with Crippen molar-refractivity contribution >= 4 is 41.4 Å². The number of nitrogens with zero attached hydrogens (tertiary/aromatic N) is 1. The minimum absolute atomic E-state index is 0.180. The van der Waals surface area contributed by atoms with E-state index in [0.717, 1.165) is 11.1 Å². The van der Waals surface area contributed by atoms with Crippen LogP contribution in [0, 0.1) is 6.92 Å². The van der Waals surface area contributed by atoms with Gasteiger partial charge in [-0.1, -0.05) is 59.1 Å². The normalized spacial score (nSPS) is 15.3. The number of nitrogens with one attached hydrogen (secondary N) is 3. The van der Waals surface area contributed by atoms with Gasteiger partial charge in [-0.15, -0.1) is 0 Å². The highest BCUT2D eigenvalue weighted by molar-refractivity contribution is 6.37. The lowest BCUT2D eigenvalue weighted by atomic mass is 9.95. The zero-order valence-electron chi connectivity index (χ0n) is 25.1. The van der Waals surface area contributed by atoms with E-state index < -0.39 is 24.3 Å². The van der Waals surface area contributed by atoms with E-state index >= 15 is 0 Å². The van der Waals surface area contributed by atoms with Gasteiger partial charge in [-0.05, 0) is 61.7 Å². The Balaban J connectivity index is 1.37. The number of carbonyl (C=O) groups is 2. The molecule has 0 saturated carbocycles. The van der Waals surface area contributed by atoms with Gasteiger partial charge in [0.2, 0.25) is 0 Å². The van der Waals surface area contributed by atoms with Crippen molar-refractivity contribution in [1.29, 1.82) is 0 Å². The highest BCUT2D eigenvalue weighted by Crippen LogP contribution is 2.36. The van der Waals surface area contributed by atoms with Gasteiger partial charge in [0.25, 0.3) is 0 Å². The fourth-order valence-electron chi connectivity index (χ4n) is 4.57. The van der Waals surface area contributed by atoms with E-state index in [4.69, 9.17) is 42.1 Å². The largest absolute Gasteiger partial charge is 0.490 e. The molecule has 11 nitrogen and oxygen atoms in total. The van der Waals surface area contributed by atoms with Gasteiger partial charge in [-0.2, -0.15) is 5.10 Å². The third kappa shape index (κ3) is 8.81. The van der Waals surface area contributed by atoms with E-state index in [0.29, 0.717) is 57.3 Å². The summed E-state index contributed by atoms with van der Waals surface area (Å²) < 4.78 is 22.3. The maximum Gasteiger partial charge on any atom is 0.337 e. The van der Waals surface area contributed by atoms with Crippen LogP contribution in [0.3, 0.4) is 0 Å². The lowest BCUT2D eigenvalue weighted by Crippen LogP contribution is -2.45. The number of allylic oxidation sites excluding steroid dienone is 1. The zero-order valence-corrected chi connectivity index (χ0v) is 26.7. The number of rotatable bonds is 13. The molecular formula is C32H34Cl2N4O7. The van der Waals surface area contributed by atoms with E-state index in [1.54, 1.807) is 44.2 Å². The molecular weight excluding hydrogens is 623 g/mol. The number of hydrazone groups is 1. The lowest BCUT2D eigenvalue weighted by Gasteiger charge is -2.28. The first-order chi connectivity index (χ1) is 21.6. The molecule has 1 heterocycles. The van der Waals surface area contributed by atoms with Crippen molar-refractivity contribution in [2.75, 3.05) is 20.3 Å². The summed E-state index contributed by atoms with van der Waals surface area (Å²) in [5.41, 5.74) is 6.51. The Morgan fingerprint density at radius 2 is 1.82 bits per heavy atom. The number of esters is 1. The van der Waals surface area contributed by atoms with Crippen LogP contribution >= 0.6 is 23.2 Å². The van der Waals surface area contributed by atoms with Crippen molar-refractivity contribution in [3.8, 4) is 17.2 Å². The molecule has 3 aromatic carbocycles. The summed E-state index contributed by atoms with van der Waals surface area (Å²) in [4.78, 5) is 24.6. The van der Waals surface area contributed by atoms with Crippen LogP contribution < -0.4 is 30.3 Å². The van der Waals surface area contributed by atoms with Crippen LogP contribution in [0.15, 0.2) is 71.0 Å². The average molecular weight is 658 g/mol. The first-order valence-electron chi connectivity index (χ1n) is 14.0. The van der Waals surface area contributed by atoms with Crippen molar-refractivity contribution in [3.63, 3.8) is 0 Å². The van der Waals surface area contributed by atoms with E-state index in [1.165, 1.54) is 13.3 Å².